The van der Waals surface area contributed by atoms with Crippen molar-refractivity contribution in [2.24, 2.45) is 35.0 Å². The first-order valence-corrected chi connectivity index (χ1v) is 8.93. The lowest BCUT2D eigenvalue weighted by molar-refractivity contribution is 0.506. The molecule has 0 radical (unpaired) electrons. The maximum Gasteiger partial charge on any atom is -0.00838 e. The van der Waals surface area contributed by atoms with Gasteiger partial charge in [-0.3, -0.25) is 0 Å². The number of unbranched alkanes of at least 4 members (excludes halogenated alkanes) is 1. The van der Waals surface area contributed by atoms with Crippen molar-refractivity contribution in [3.8, 4) is 0 Å². The molecule has 112 valence electrons. The van der Waals surface area contributed by atoms with Crippen LogP contribution >= 0.6 is 0 Å². The summed E-state index contributed by atoms with van der Waals surface area (Å²) in [6.45, 7) is 11.4. The molecule has 3 fully saturated rings. The second-order valence-electron chi connectivity index (χ2n) is 8.09. The molecule has 0 aromatic rings. The molecule has 0 heterocycles. The highest BCUT2D eigenvalue weighted by Gasteiger charge is 2.71. The monoisotopic (exact) mass is 272 g/mol. The molecule has 0 heteroatoms. The van der Waals surface area contributed by atoms with Crippen molar-refractivity contribution < 1.29 is 0 Å². The molecular weight excluding hydrogens is 240 g/mol. The minimum absolute atomic E-state index is 0.630. The minimum atomic E-state index is 0.630. The Balaban J connectivity index is 1.31. The Morgan fingerprint density at radius 1 is 1.35 bits per heavy atom. The Hall–Kier alpha value is -0.520. The van der Waals surface area contributed by atoms with Crippen LogP contribution in [0.25, 0.3) is 0 Å². The Morgan fingerprint density at radius 2 is 2.10 bits per heavy atom. The normalized spacial score (nSPS) is 42.4. The fourth-order valence-electron chi connectivity index (χ4n) is 4.11. The molecule has 0 amide bonds. The van der Waals surface area contributed by atoms with Crippen LogP contribution in [0.2, 0.25) is 0 Å². The fraction of sp³-hybridized carbons (Fsp3) is 0.800. The van der Waals surface area contributed by atoms with E-state index in [0.717, 1.165) is 29.6 Å². The molecule has 3 saturated carbocycles. The van der Waals surface area contributed by atoms with Crippen molar-refractivity contribution in [2.45, 2.75) is 65.7 Å². The van der Waals surface area contributed by atoms with Crippen molar-refractivity contribution in [3.63, 3.8) is 0 Å². The first-order chi connectivity index (χ1) is 9.56. The van der Waals surface area contributed by atoms with E-state index < -0.39 is 0 Å². The summed E-state index contributed by atoms with van der Waals surface area (Å²) in [5.74, 6) is 4.77. The Bertz CT molecular complexity index is 394. The van der Waals surface area contributed by atoms with E-state index in [1.807, 2.05) is 0 Å². The van der Waals surface area contributed by atoms with Crippen LogP contribution in [-0.2, 0) is 0 Å². The van der Waals surface area contributed by atoms with Crippen molar-refractivity contribution in [3.05, 3.63) is 24.3 Å². The van der Waals surface area contributed by atoms with Gasteiger partial charge in [-0.15, -0.1) is 0 Å². The van der Waals surface area contributed by atoms with Crippen LogP contribution in [0.15, 0.2) is 24.3 Å². The molecule has 3 aliphatic carbocycles. The molecule has 0 aromatic heterocycles. The third-order valence-electron chi connectivity index (χ3n) is 6.35. The van der Waals surface area contributed by atoms with Gasteiger partial charge in [-0.1, -0.05) is 51.5 Å². The van der Waals surface area contributed by atoms with Gasteiger partial charge in [0.2, 0.25) is 0 Å². The molecule has 0 saturated heterocycles. The highest BCUT2D eigenvalue weighted by Crippen LogP contribution is 2.78. The highest BCUT2D eigenvalue weighted by molar-refractivity contribution is 5.29. The molecule has 3 rings (SSSR count). The van der Waals surface area contributed by atoms with Crippen LogP contribution in [0, 0.1) is 35.0 Å². The number of allylic oxidation sites excluding steroid dienone is 3. The van der Waals surface area contributed by atoms with E-state index in [2.05, 4.69) is 39.5 Å². The predicted octanol–water partition coefficient (Wildman–Crippen LogP) is 6.00. The number of hydrogen-bond donors (Lipinski definition) is 0. The van der Waals surface area contributed by atoms with Gasteiger partial charge < -0.3 is 0 Å². The van der Waals surface area contributed by atoms with Gasteiger partial charge in [0.15, 0.2) is 0 Å². The molecular formula is C20H32. The van der Waals surface area contributed by atoms with E-state index >= 15 is 0 Å². The second kappa shape index (κ2) is 5.35. The smallest absolute Gasteiger partial charge is 0.00838 e. The van der Waals surface area contributed by atoms with Crippen LogP contribution in [0.5, 0.6) is 0 Å². The quantitative estimate of drug-likeness (QED) is 0.452. The van der Waals surface area contributed by atoms with E-state index in [1.165, 1.54) is 44.9 Å². The Morgan fingerprint density at radius 3 is 2.70 bits per heavy atom. The molecule has 0 N–H and O–H groups in total. The first kappa shape index (κ1) is 14.4. The third-order valence-corrected chi connectivity index (χ3v) is 6.35. The SMILES string of the molecule is C=C(CCCC)C1CC1CCC(C)C=CC1(C)C2CC21. The summed E-state index contributed by atoms with van der Waals surface area (Å²) < 4.78 is 0. The van der Waals surface area contributed by atoms with Crippen molar-refractivity contribution in [2.75, 3.05) is 0 Å². The molecule has 5 atom stereocenters. The molecule has 0 bridgehead atoms. The van der Waals surface area contributed by atoms with Crippen LogP contribution < -0.4 is 0 Å². The van der Waals surface area contributed by atoms with E-state index in [-0.39, 0.29) is 0 Å². The number of fused-ring (bicyclic) bond motifs is 1. The zero-order valence-corrected chi connectivity index (χ0v) is 13.7. The van der Waals surface area contributed by atoms with Crippen LogP contribution in [0.4, 0.5) is 0 Å². The fourth-order valence-corrected chi connectivity index (χ4v) is 4.11. The molecule has 20 heavy (non-hydrogen) atoms. The van der Waals surface area contributed by atoms with Crippen LogP contribution in [0.3, 0.4) is 0 Å². The van der Waals surface area contributed by atoms with E-state index in [0.29, 0.717) is 5.41 Å². The molecule has 3 aliphatic rings. The van der Waals surface area contributed by atoms with Crippen molar-refractivity contribution >= 4 is 0 Å². The topological polar surface area (TPSA) is 0 Å². The van der Waals surface area contributed by atoms with Gasteiger partial charge in [0, 0.05) is 0 Å². The second-order valence-corrected chi connectivity index (χ2v) is 8.09. The number of rotatable bonds is 9. The zero-order chi connectivity index (χ0) is 14.3. The third kappa shape index (κ3) is 2.90. The van der Waals surface area contributed by atoms with Gasteiger partial charge >= 0.3 is 0 Å². The van der Waals surface area contributed by atoms with Gasteiger partial charge in [0.1, 0.15) is 0 Å². The lowest BCUT2D eigenvalue weighted by atomic mass is 9.93. The first-order valence-electron chi connectivity index (χ1n) is 8.93. The maximum atomic E-state index is 4.31. The molecule has 0 spiro atoms. The summed E-state index contributed by atoms with van der Waals surface area (Å²) in [5, 5.41) is 0. The molecule has 0 nitrogen and oxygen atoms in total. The summed E-state index contributed by atoms with van der Waals surface area (Å²) in [6, 6.07) is 0. The van der Waals surface area contributed by atoms with Crippen LogP contribution in [0.1, 0.15) is 65.7 Å². The van der Waals surface area contributed by atoms with E-state index in [4.69, 9.17) is 0 Å². The predicted molar refractivity (Wildman–Crippen MR) is 87.5 cm³/mol. The molecule has 0 aromatic carbocycles. The summed E-state index contributed by atoms with van der Waals surface area (Å²) in [5.41, 5.74) is 2.18. The van der Waals surface area contributed by atoms with Gasteiger partial charge in [-0.2, -0.15) is 0 Å². The Kier molecular flexibility index (Phi) is 3.86. The number of hydrogen-bond acceptors (Lipinski definition) is 0. The van der Waals surface area contributed by atoms with Gasteiger partial charge in [0.25, 0.3) is 0 Å². The van der Waals surface area contributed by atoms with Gasteiger partial charge in [-0.05, 0) is 73.5 Å². The van der Waals surface area contributed by atoms with E-state index in [9.17, 15) is 0 Å². The maximum absolute atomic E-state index is 4.31. The minimum Gasteiger partial charge on any atom is -0.0996 e. The lowest BCUT2D eigenvalue weighted by Gasteiger charge is -2.12. The van der Waals surface area contributed by atoms with Crippen molar-refractivity contribution in [1.29, 1.82) is 0 Å². The summed E-state index contributed by atoms with van der Waals surface area (Å²) >= 11 is 0. The molecule has 5 unspecified atom stereocenters. The van der Waals surface area contributed by atoms with Crippen molar-refractivity contribution in [1.82, 2.24) is 0 Å². The zero-order valence-electron chi connectivity index (χ0n) is 13.7. The van der Waals surface area contributed by atoms with E-state index in [1.54, 1.807) is 5.57 Å². The lowest BCUT2D eigenvalue weighted by Crippen LogP contribution is -2.02. The summed E-state index contributed by atoms with van der Waals surface area (Å²) in [4.78, 5) is 0. The highest BCUT2D eigenvalue weighted by atomic mass is 14.8. The average molecular weight is 272 g/mol. The standard InChI is InChI=1S/C20H32/c1-5-6-7-15(3)17-12-16(17)9-8-14(2)10-11-20(4)18-13-19(18)20/h10-11,14,16-19H,3,5-9,12-13H2,1-2,4H3. The summed E-state index contributed by atoms with van der Waals surface area (Å²) in [7, 11) is 0. The average Bonchev–Trinajstić information content (AvgIpc) is 3.31. The van der Waals surface area contributed by atoms with Crippen LogP contribution in [-0.4, -0.2) is 0 Å². The Labute approximate surface area is 125 Å². The molecule has 0 aliphatic heterocycles. The summed E-state index contributed by atoms with van der Waals surface area (Å²) in [6.07, 6.45) is 14.7. The largest absolute Gasteiger partial charge is 0.0996 e. The van der Waals surface area contributed by atoms with Gasteiger partial charge in [-0.25, -0.2) is 0 Å². The van der Waals surface area contributed by atoms with Gasteiger partial charge in [0.05, 0.1) is 0 Å².